The highest BCUT2D eigenvalue weighted by atomic mass is 15.2. The zero-order valence-electron chi connectivity index (χ0n) is 12.0. The Bertz CT molecular complexity index is 809. The molecule has 0 saturated carbocycles. The Morgan fingerprint density at radius 3 is 2.77 bits per heavy atom. The molecule has 1 fully saturated rings. The number of anilines is 1. The number of nitrogens with one attached hydrogen (secondary N) is 1. The largest absolute Gasteiger partial charge is 0.368 e. The number of rotatable bonds is 2. The van der Waals surface area contributed by atoms with E-state index in [4.69, 9.17) is 11.5 Å². The van der Waals surface area contributed by atoms with Crippen LogP contribution in [0.3, 0.4) is 0 Å². The molecule has 1 aliphatic rings. The number of nitrogens with two attached hydrogens (primary N) is 2. The lowest BCUT2D eigenvalue weighted by atomic mass is 10.1. The summed E-state index contributed by atoms with van der Waals surface area (Å²) in [6.07, 6.45) is 9.62. The first-order chi connectivity index (χ1) is 10.6. The molecule has 0 aliphatic carbocycles. The lowest BCUT2D eigenvalue weighted by Gasteiger charge is -2.22. The summed E-state index contributed by atoms with van der Waals surface area (Å²) >= 11 is 0. The van der Waals surface area contributed by atoms with Crippen molar-refractivity contribution in [2.75, 3.05) is 18.0 Å². The summed E-state index contributed by atoms with van der Waals surface area (Å²) in [5, 5.41) is 1.05. The van der Waals surface area contributed by atoms with Crippen molar-refractivity contribution < 1.29 is 0 Å². The Hall–Kier alpha value is -2.51. The highest BCUT2D eigenvalue weighted by molar-refractivity contribution is 6.02. The van der Waals surface area contributed by atoms with E-state index in [0.717, 1.165) is 40.8 Å². The van der Waals surface area contributed by atoms with Gasteiger partial charge in [-0.05, 0) is 12.5 Å². The van der Waals surface area contributed by atoms with E-state index in [1.165, 1.54) is 6.33 Å². The zero-order valence-corrected chi connectivity index (χ0v) is 12.0. The Labute approximate surface area is 127 Å². The highest BCUT2D eigenvalue weighted by Gasteiger charge is 2.31. The average Bonchev–Trinajstić information content (AvgIpc) is 3.11. The number of fused-ring (bicyclic) bond motifs is 1. The van der Waals surface area contributed by atoms with Gasteiger partial charge in [0, 0.05) is 49.0 Å². The Kier molecular flexibility index (Phi) is 2.85. The summed E-state index contributed by atoms with van der Waals surface area (Å²) in [5.41, 5.74) is 15.4. The van der Waals surface area contributed by atoms with Crippen LogP contribution in [0, 0.1) is 0 Å². The third kappa shape index (κ3) is 2.11. The van der Waals surface area contributed by atoms with Gasteiger partial charge in [0.2, 0.25) is 0 Å². The lowest BCUT2D eigenvalue weighted by Crippen LogP contribution is -2.51. The standard InChI is InChI=1S/C15H17N7/c16-15(17)2-4-22(8-15)12-1-3-20-14-13(12)11(7-21-14)10-5-18-9-19-6-10/h1,3,5-7,9H,2,4,8,16-17H2,(H,20,21). The quantitative estimate of drug-likeness (QED) is 0.604. The fourth-order valence-corrected chi connectivity index (χ4v) is 3.03. The van der Waals surface area contributed by atoms with E-state index in [1.807, 2.05) is 12.3 Å². The van der Waals surface area contributed by atoms with Crippen molar-refractivity contribution in [1.82, 2.24) is 19.9 Å². The number of aromatic amines is 1. The van der Waals surface area contributed by atoms with E-state index in [2.05, 4.69) is 24.8 Å². The minimum absolute atomic E-state index is 0.627. The molecule has 3 aromatic rings. The van der Waals surface area contributed by atoms with Crippen LogP contribution in [0.25, 0.3) is 22.2 Å². The summed E-state index contributed by atoms with van der Waals surface area (Å²) in [4.78, 5) is 18.0. The van der Waals surface area contributed by atoms with Crippen molar-refractivity contribution in [1.29, 1.82) is 0 Å². The molecule has 4 rings (SSSR count). The van der Waals surface area contributed by atoms with Crippen molar-refractivity contribution in [3.63, 3.8) is 0 Å². The van der Waals surface area contributed by atoms with Crippen LogP contribution in [0.15, 0.2) is 37.2 Å². The smallest absolute Gasteiger partial charge is 0.139 e. The first kappa shape index (κ1) is 13.2. The molecule has 0 amide bonds. The van der Waals surface area contributed by atoms with Crippen molar-refractivity contribution in [3.8, 4) is 11.1 Å². The molecule has 7 nitrogen and oxygen atoms in total. The molecular weight excluding hydrogens is 278 g/mol. The van der Waals surface area contributed by atoms with E-state index in [9.17, 15) is 0 Å². The summed E-state index contributed by atoms with van der Waals surface area (Å²) < 4.78 is 0. The fourth-order valence-electron chi connectivity index (χ4n) is 3.03. The number of nitrogens with zero attached hydrogens (tertiary/aromatic N) is 4. The molecule has 0 radical (unpaired) electrons. The van der Waals surface area contributed by atoms with Crippen LogP contribution in [0.1, 0.15) is 6.42 Å². The first-order valence-electron chi connectivity index (χ1n) is 7.18. The molecule has 4 heterocycles. The predicted octanol–water partition coefficient (Wildman–Crippen LogP) is 0.844. The molecule has 1 saturated heterocycles. The Balaban J connectivity index is 1.88. The number of pyridine rings is 1. The lowest BCUT2D eigenvalue weighted by molar-refractivity contribution is 0.495. The number of aromatic nitrogens is 4. The summed E-state index contributed by atoms with van der Waals surface area (Å²) in [5.74, 6) is 0. The molecular formula is C15H17N7. The van der Waals surface area contributed by atoms with Gasteiger partial charge in [0.1, 0.15) is 12.0 Å². The van der Waals surface area contributed by atoms with Crippen LogP contribution >= 0.6 is 0 Å². The van der Waals surface area contributed by atoms with E-state index in [0.29, 0.717) is 6.54 Å². The molecule has 22 heavy (non-hydrogen) atoms. The minimum atomic E-state index is -0.637. The second-order valence-corrected chi connectivity index (χ2v) is 5.79. The van der Waals surface area contributed by atoms with Gasteiger partial charge in [-0.25, -0.2) is 15.0 Å². The molecule has 3 aromatic heterocycles. The van der Waals surface area contributed by atoms with Crippen molar-refractivity contribution in [2.24, 2.45) is 11.5 Å². The second kappa shape index (κ2) is 4.75. The molecule has 112 valence electrons. The highest BCUT2D eigenvalue weighted by Crippen LogP contribution is 2.36. The van der Waals surface area contributed by atoms with Crippen LogP contribution < -0.4 is 16.4 Å². The average molecular weight is 295 g/mol. The van der Waals surface area contributed by atoms with Gasteiger partial charge in [0.05, 0.1) is 16.7 Å². The molecule has 0 atom stereocenters. The molecule has 0 spiro atoms. The van der Waals surface area contributed by atoms with Gasteiger partial charge >= 0.3 is 0 Å². The topological polar surface area (TPSA) is 110 Å². The van der Waals surface area contributed by atoms with Gasteiger partial charge in [-0.2, -0.15) is 0 Å². The Morgan fingerprint density at radius 2 is 2.05 bits per heavy atom. The Morgan fingerprint density at radius 1 is 1.23 bits per heavy atom. The monoisotopic (exact) mass is 295 g/mol. The van der Waals surface area contributed by atoms with E-state index in [-0.39, 0.29) is 0 Å². The van der Waals surface area contributed by atoms with E-state index >= 15 is 0 Å². The third-order valence-electron chi connectivity index (χ3n) is 4.10. The molecule has 7 heteroatoms. The fraction of sp³-hybridized carbons (Fsp3) is 0.267. The minimum Gasteiger partial charge on any atom is -0.368 e. The van der Waals surface area contributed by atoms with Crippen molar-refractivity contribution in [3.05, 3.63) is 37.2 Å². The summed E-state index contributed by atoms with van der Waals surface area (Å²) in [6.45, 7) is 1.46. The van der Waals surface area contributed by atoms with Crippen LogP contribution in [0.2, 0.25) is 0 Å². The number of hydrogen-bond acceptors (Lipinski definition) is 6. The van der Waals surface area contributed by atoms with Crippen LogP contribution in [0.4, 0.5) is 5.69 Å². The maximum absolute atomic E-state index is 6.07. The molecule has 1 aliphatic heterocycles. The van der Waals surface area contributed by atoms with E-state index in [1.54, 1.807) is 18.6 Å². The molecule has 0 aromatic carbocycles. The van der Waals surface area contributed by atoms with Crippen LogP contribution in [-0.4, -0.2) is 38.7 Å². The predicted molar refractivity (Wildman–Crippen MR) is 85.1 cm³/mol. The maximum Gasteiger partial charge on any atom is 0.139 e. The summed E-state index contributed by atoms with van der Waals surface area (Å²) in [6, 6.07) is 2.00. The first-order valence-corrected chi connectivity index (χ1v) is 7.18. The molecule has 0 unspecified atom stereocenters. The molecule has 5 N–H and O–H groups in total. The molecule has 0 bridgehead atoms. The van der Waals surface area contributed by atoms with Crippen molar-refractivity contribution in [2.45, 2.75) is 12.1 Å². The third-order valence-corrected chi connectivity index (χ3v) is 4.10. The van der Waals surface area contributed by atoms with Gasteiger partial charge in [0.25, 0.3) is 0 Å². The van der Waals surface area contributed by atoms with Crippen LogP contribution in [-0.2, 0) is 0 Å². The van der Waals surface area contributed by atoms with Gasteiger partial charge in [0.15, 0.2) is 0 Å². The number of H-pyrrole nitrogens is 1. The van der Waals surface area contributed by atoms with Gasteiger partial charge in [-0.1, -0.05) is 0 Å². The maximum atomic E-state index is 6.07. The summed E-state index contributed by atoms with van der Waals surface area (Å²) in [7, 11) is 0. The van der Waals surface area contributed by atoms with Crippen molar-refractivity contribution >= 4 is 16.7 Å². The SMILES string of the molecule is NC1(N)CCN(c2ccnc3[nH]cc(-c4cncnc4)c23)C1. The van der Waals surface area contributed by atoms with Gasteiger partial charge in [-0.15, -0.1) is 0 Å². The van der Waals surface area contributed by atoms with Crippen LogP contribution in [0.5, 0.6) is 0 Å². The van der Waals surface area contributed by atoms with E-state index < -0.39 is 5.66 Å². The van der Waals surface area contributed by atoms with Gasteiger partial charge < -0.3 is 21.4 Å². The van der Waals surface area contributed by atoms with Gasteiger partial charge in [-0.3, -0.25) is 0 Å². The normalized spacial score (nSPS) is 17.3. The second-order valence-electron chi connectivity index (χ2n) is 5.79. The number of hydrogen-bond donors (Lipinski definition) is 3. The zero-order chi connectivity index (χ0) is 15.2.